The number of piperidine rings is 1. The molecule has 1 aliphatic carbocycles. The molecule has 3 aliphatic rings. The van der Waals surface area contributed by atoms with Crippen molar-refractivity contribution in [1.82, 2.24) is 10.2 Å². The highest BCUT2D eigenvalue weighted by atomic mass is 19.1. The standard InChI is InChI=1S/C20H27FN2O/c21-17-7-2-1-6-16(17)20(9-3-4-10-20)18(24)23-13-5-8-19(15-23)11-12-22-14-19/h1-2,6-7,22H,3-5,8-15H2. The summed E-state index contributed by atoms with van der Waals surface area (Å²) in [7, 11) is 0. The summed E-state index contributed by atoms with van der Waals surface area (Å²) in [6.45, 7) is 3.75. The van der Waals surface area contributed by atoms with E-state index in [4.69, 9.17) is 0 Å². The van der Waals surface area contributed by atoms with Crippen LogP contribution in [0.5, 0.6) is 0 Å². The number of rotatable bonds is 2. The number of halogens is 1. The molecule has 0 radical (unpaired) electrons. The number of carbonyl (C=O) groups excluding carboxylic acids is 1. The summed E-state index contributed by atoms with van der Waals surface area (Å²) in [6.07, 6.45) is 7.03. The predicted octanol–water partition coefficient (Wildman–Crippen LogP) is 3.24. The minimum atomic E-state index is -0.629. The van der Waals surface area contributed by atoms with Crippen molar-refractivity contribution < 1.29 is 9.18 Å². The topological polar surface area (TPSA) is 32.3 Å². The van der Waals surface area contributed by atoms with Gasteiger partial charge in [-0.1, -0.05) is 31.0 Å². The van der Waals surface area contributed by atoms with E-state index in [0.29, 0.717) is 5.56 Å². The van der Waals surface area contributed by atoms with Crippen LogP contribution in [0, 0.1) is 11.2 Å². The molecule has 1 aromatic carbocycles. The molecule has 0 aromatic heterocycles. The van der Waals surface area contributed by atoms with Gasteiger partial charge in [-0.15, -0.1) is 0 Å². The van der Waals surface area contributed by atoms with Crippen molar-refractivity contribution in [3.63, 3.8) is 0 Å². The van der Waals surface area contributed by atoms with Crippen molar-refractivity contribution in [2.24, 2.45) is 5.41 Å². The summed E-state index contributed by atoms with van der Waals surface area (Å²) in [6, 6.07) is 6.91. The fourth-order valence-corrected chi connectivity index (χ4v) is 5.25. The van der Waals surface area contributed by atoms with Crippen molar-refractivity contribution in [1.29, 1.82) is 0 Å². The van der Waals surface area contributed by atoms with Crippen LogP contribution in [0.1, 0.15) is 50.5 Å². The molecule has 1 saturated carbocycles. The van der Waals surface area contributed by atoms with Crippen LogP contribution in [0.25, 0.3) is 0 Å². The Morgan fingerprint density at radius 2 is 1.88 bits per heavy atom. The maximum absolute atomic E-state index is 14.5. The number of hydrogen-bond donors (Lipinski definition) is 1. The number of carbonyl (C=O) groups is 1. The number of nitrogens with zero attached hydrogens (tertiary/aromatic N) is 1. The molecule has 1 spiro atoms. The van der Waals surface area contributed by atoms with E-state index in [1.165, 1.54) is 12.5 Å². The molecule has 3 fully saturated rings. The predicted molar refractivity (Wildman–Crippen MR) is 92.3 cm³/mol. The highest BCUT2D eigenvalue weighted by molar-refractivity contribution is 5.89. The summed E-state index contributed by atoms with van der Waals surface area (Å²) in [5, 5.41) is 3.46. The van der Waals surface area contributed by atoms with E-state index in [2.05, 4.69) is 10.2 Å². The lowest BCUT2D eigenvalue weighted by Gasteiger charge is -2.43. The Morgan fingerprint density at radius 3 is 2.58 bits per heavy atom. The van der Waals surface area contributed by atoms with E-state index in [1.54, 1.807) is 6.07 Å². The normalized spacial score (nSPS) is 29.3. The first-order valence-electron chi connectivity index (χ1n) is 9.40. The van der Waals surface area contributed by atoms with Gasteiger partial charge >= 0.3 is 0 Å². The third kappa shape index (κ3) is 2.55. The largest absolute Gasteiger partial charge is 0.341 e. The van der Waals surface area contributed by atoms with Crippen molar-refractivity contribution >= 4 is 5.91 Å². The van der Waals surface area contributed by atoms with E-state index < -0.39 is 5.41 Å². The first-order chi connectivity index (χ1) is 11.7. The molecule has 4 heteroatoms. The van der Waals surface area contributed by atoms with Gasteiger partial charge in [0.25, 0.3) is 0 Å². The molecule has 1 atom stereocenters. The molecular weight excluding hydrogens is 303 g/mol. The van der Waals surface area contributed by atoms with Gasteiger partial charge in [0, 0.05) is 30.6 Å². The second-order valence-electron chi connectivity index (χ2n) is 8.03. The molecule has 1 N–H and O–H groups in total. The van der Waals surface area contributed by atoms with Gasteiger partial charge in [-0.2, -0.15) is 0 Å². The Bertz CT molecular complexity index is 618. The molecule has 3 nitrogen and oxygen atoms in total. The van der Waals surface area contributed by atoms with Gasteiger partial charge in [0.15, 0.2) is 0 Å². The van der Waals surface area contributed by atoms with E-state index in [-0.39, 0.29) is 17.1 Å². The second-order valence-corrected chi connectivity index (χ2v) is 8.03. The van der Waals surface area contributed by atoms with Crippen LogP contribution in [0.15, 0.2) is 24.3 Å². The zero-order chi connectivity index (χ0) is 16.6. The Morgan fingerprint density at radius 1 is 1.08 bits per heavy atom. The van der Waals surface area contributed by atoms with Gasteiger partial charge in [-0.05, 0) is 44.7 Å². The molecule has 130 valence electrons. The number of likely N-dealkylation sites (tertiary alicyclic amines) is 1. The van der Waals surface area contributed by atoms with Crippen molar-refractivity contribution in [3.8, 4) is 0 Å². The van der Waals surface area contributed by atoms with E-state index in [9.17, 15) is 9.18 Å². The van der Waals surface area contributed by atoms with Crippen LogP contribution >= 0.6 is 0 Å². The monoisotopic (exact) mass is 330 g/mol. The molecule has 1 amide bonds. The maximum atomic E-state index is 14.5. The first-order valence-corrected chi connectivity index (χ1v) is 9.40. The van der Waals surface area contributed by atoms with E-state index in [0.717, 1.165) is 64.7 Å². The Hall–Kier alpha value is -1.42. The SMILES string of the molecule is O=C(N1CCCC2(CCNC2)C1)C1(c2ccccc2F)CCCC1. The molecule has 2 saturated heterocycles. The van der Waals surface area contributed by atoms with Crippen LogP contribution in [-0.2, 0) is 10.2 Å². The van der Waals surface area contributed by atoms with Crippen molar-refractivity contribution in [2.75, 3.05) is 26.2 Å². The molecule has 4 rings (SSSR count). The lowest BCUT2D eigenvalue weighted by molar-refractivity contribution is -0.140. The zero-order valence-corrected chi connectivity index (χ0v) is 14.3. The highest BCUT2D eigenvalue weighted by Gasteiger charge is 2.49. The molecule has 0 bridgehead atoms. The Balaban J connectivity index is 1.64. The molecule has 24 heavy (non-hydrogen) atoms. The summed E-state index contributed by atoms with van der Waals surface area (Å²) in [5.41, 5.74) is 0.246. The summed E-state index contributed by atoms with van der Waals surface area (Å²) in [5.74, 6) is -0.0434. The third-order valence-corrected chi connectivity index (χ3v) is 6.54. The van der Waals surface area contributed by atoms with Gasteiger partial charge in [-0.25, -0.2) is 4.39 Å². The van der Waals surface area contributed by atoms with Gasteiger partial charge in [0.2, 0.25) is 5.91 Å². The fourth-order valence-electron chi connectivity index (χ4n) is 5.25. The first kappa shape index (κ1) is 16.1. The summed E-state index contributed by atoms with van der Waals surface area (Å²) < 4.78 is 14.5. The lowest BCUT2D eigenvalue weighted by atomic mass is 9.74. The summed E-state index contributed by atoms with van der Waals surface area (Å²) >= 11 is 0. The molecular formula is C20H27FN2O. The minimum Gasteiger partial charge on any atom is -0.341 e. The average Bonchev–Trinajstić information content (AvgIpc) is 3.25. The van der Waals surface area contributed by atoms with Crippen molar-refractivity contribution in [2.45, 2.75) is 50.4 Å². The molecule has 1 aromatic rings. The third-order valence-electron chi connectivity index (χ3n) is 6.54. The molecule has 2 heterocycles. The van der Waals surface area contributed by atoms with Crippen LogP contribution in [0.3, 0.4) is 0 Å². The van der Waals surface area contributed by atoms with Gasteiger partial charge in [0.05, 0.1) is 5.41 Å². The number of amides is 1. The fraction of sp³-hybridized carbons (Fsp3) is 0.650. The summed E-state index contributed by atoms with van der Waals surface area (Å²) in [4.78, 5) is 15.6. The second kappa shape index (κ2) is 6.14. The quantitative estimate of drug-likeness (QED) is 0.903. The van der Waals surface area contributed by atoms with Crippen LogP contribution < -0.4 is 5.32 Å². The molecule has 2 aliphatic heterocycles. The van der Waals surface area contributed by atoms with E-state index in [1.807, 2.05) is 12.1 Å². The van der Waals surface area contributed by atoms with Gasteiger partial charge in [-0.3, -0.25) is 4.79 Å². The zero-order valence-electron chi connectivity index (χ0n) is 14.3. The lowest BCUT2D eigenvalue weighted by Crippen LogP contribution is -2.53. The number of hydrogen-bond acceptors (Lipinski definition) is 2. The van der Waals surface area contributed by atoms with Crippen molar-refractivity contribution in [3.05, 3.63) is 35.6 Å². The Kier molecular flexibility index (Phi) is 4.11. The highest BCUT2D eigenvalue weighted by Crippen LogP contribution is 2.45. The maximum Gasteiger partial charge on any atom is 0.233 e. The Labute approximate surface area is 143 Å². The smallest absolute Gasteiger partial charge is 0.233 e. The molecule has 1 unspecified atom stereocenters. The van der Waals surface area contributed by atoms with Crippen LogP contribution in [0.4, 0.5) is 4.39 Å². The van der Waals surface area contributed by atoms with Crippen LogP contribution in [-0.4, -0.2) is 37.0 Å². The average molecular weight is 330 g/mol. The number of benzene rings is 1. The van der Waals surface area contributed by atoms with Gasteiger partial charge in [0.1, 0.15) is 5.82 Å². The number of nitrogens with one attached hydrogen (secondary N) is 1. The minimum absolute atomic E-state index is 0.177. The van der Waals surface area contributed by atoms with Gasteiger partial charge < -0.3 is 10.2 Å². The van der Waals surface area contributed by atoms with Crippen LogP contribution in [0.2, 0.25) is 0 Å². The van der Waals surface area contributed by atoms with E-state index >= 15 is 0 Å².